The molecule has 0 saturated heterocycles. The van der Waals surface area contributed by atoms with Crippen molar-refractivity contribution in [3.05, 3.63) is 23.1 Å². The third kappa shape index (κ3) is 3.25. The minimum absolute atomic E-state index is 0.227. The molecule has 0 amide bonds. The summed E-state index contributed by atoms with van der Waals surface area (Å²) in [6.45, 7) is 0. The average molecular weight is 162 g/mol. The highest BCUT2D eigenvalue weighted by Crippen LogP contribution is 2.02. The van der Waals surface area contributed by atoms with E-state index < -0.39 is 0 Å². The third-order valence-electron chi connectivity index (χ3n) is 0.973. The van der Waals surface area contributed by atoms with Crippen LogP contribution in [-0.4, -0.2) is 19.0 Å². The largest absolute Gasteiger partial charge is 0.403 e. The van der Waals surface area contributed by atoms with Crippen LogP contribution in [0.25, 0.3) is 0 Å². The van der Waals surface area contributed by atoms with Gasteiger partial charge in [0, 0.05) is 20.3 Å². The van der Waals surface area contributed by atoms with Gasteiger partial charge in [-0.3, -0.25) is 0 Å². The van der Waals surface area contributed by atoms with Crippen LogP contribution in [0.2, 0.25) is 0 Å². The average Bonchev–Trinajstić information content (AvgIpc) is 1.81. The maximum atomic E-state index is 5.41. The van der Waals surface area contributed by atoms with Crippen LogP contribution in [0.15, 0.2) is 23.1 Å². The SMILES string of the molecule is CN(C)C(/C=C(\N)Cl)=C/N. The van der Waals surface area contributed by atoms with E-state index >= 15 is 0 Å². The minimum Gasteiger partial charge on any atom is -0.403 e. The van der Waals surface area contributed by atoms with Gasteiger partial charge in [-0.15, -0.1) is 0 Å². The zero-order valence-electron chi connectivity index (χ0n) is 6.13. The van der Waals surface area contributed by atoms with Gasteiger partial charge in [0.05, 0.1) is 5.70 Å². The molecule has 10 heavy (non-hydrogen) atoms. The second kappa shape index (κ2) is 4.06. The number of likely N-dealkylation sites (N-methyl/N-ethyl adjacent to an activating group) is 1. The van der Waals surface area contributed by atoms with Crippen LogP contribution >= 0.6 is 11.6 Å². The van der Waals surface area contributed by atoms with Gasteiger partial charge in [0.2, 0.25) is 0 Å². The van der Waals surface area contributed by atoms with Crippen LogP contribution in [0.3, 0.4) is 0 Å². The molecule has 58 valence electrons. The summed E-state index contributed by atoms with van der Waals surface area (Å²) in [6.07, 6.45) is 3.02. The summed E-state index contributed by atoms with van der Waals surface area (Å²) in [7, 11) is 3.71. The molecule has 0 fully saturated rings. The number of nitrogens with two attached hydrogens (primary N) is 2. The Kier molecular flexibility index (Phi) is 3.72. The number of hydrogen-bond acceptors (Lipinski definition) is 3. The molecule has 0 unspecified atom stereocenters. The molecule has 0 heterocycles. The van der Waals surface area contributed by atoms with Gasteiger partial charge < -0.3 is 16.4 Å². The fourth-order valence-corrected chi connectivity index (χ4v) is 0.579. The van der Waals surface area contributed by atoms with E-state index in [1.165, 1.54) is 6.20 Å². The second-order valence-corrected chi connectivity index (χ2v) is 2.45. The first-order valence-electron chi connectivity index (χ1n) is 2.80. The summed E-state index contributed by atoms with van der Waals surface area (Å²) < 4.78 is 0. The van der Waals surface area contributed by atoms with Crippen LogP contribution in [-0.2, 0) is 0 Å². The van der Waals surface area contributed by atoms with E-state index in [1.54, 1.807) is 6.08 Å². The molecular weight excluding hydrogens is 150 g/mol. The van der Waals surface area contributed by atoms with Crippen molar-refractivity contribution in [2.45, 2.75) is 0 Å². The van der Waals surface area contributed by atoms with Crippen LogP contribution in [0.4, 0.5) is 0 Å². The second-order valence-electron chi connectivity index (χ2n) is 2.02. The van der Waals surface area contributed by atoms with Crippen molar-refractivity contribution in [1.82, 2.24) is 4.90 Å². The normalized spacial score (nSPS) is 13.5. The molecule has 0 radical (unpaired) electrons. The monoisotopic (exact) mass is 161 g/mol. The van der Waals surface area contributed by atoms with Crippen molar-refractivity contribution in [2.75, 3.05) is 14.1 Å². The number of hydrogen-bond donors (Lipinski definition) is 2. The van der Waals surface area contributed by atoms with E-state index in [9.17, 15) is 0 Å². The molecule has 0 rings (SSSR count). The van der Waals surface area contributed by atoms with E-state index in [4.69, 9.17) is 23.1 Å². The summed E-state index contributed by atoms with van der Waals surface area (Å²) in [5.41, 5.74) is 11.3. The molecule has 0 aromatic rings. The van der Waals surface area contributed by atoms with Crippen molar-refractivity contribution in [2.24, 2.45) is 11.5 Å². The first kappa shape index (κ1) is 9.17. The lowest BCUT2D eigenvalue weighted by atomic mass is 10.4. The van der Waals surface area contributed by atoms with Gasteiger partial charge in [0.25, 0.3) is 0 Å². The van der Waals surface area contributed by atoms with E-state index in [0.29, 0.717) is 0 Å². The Balaban J connectivity index is 4.26. The lowest BCUT2D eigenvalue weighted by Gasteiger charge is -2.12. The van der Waals surface area contributed by atoms with Gasteiger partial charge >= 0.3 is 0 Å². The maximum absolute atomic E-state index is 5.41. The van der Waals surface area contributed by atoms with Gasteiger partial charge in [0.15, 0.2) is 0 Å². The van der Waals surface area contributed by atoms with Gasteiger partial charge in [-0.2, -0.15) is 0 Å². The number of rotatable bonds is 2. The number of allylic oxidation sites excluding steroid dienone is 1. The highest BCUT2D eigenvalue weighted by Gasteiger charge is 1.93. The molecule has 0 aliphatic rings. The summed E-state index contributed by atoms with van der Waals surface area (Å²) in [5.74, 6) is 0. The fraction of sp³-hybridized carbons (Fsp3) is 0.333. The summed E-state index contributed by atoms with van der Waals surface area (Å²) in [4.78, 5) is 1.81. The fourth-order valence-electron chi connectivity index (χ4n) is 0.468. The van der Waals surface area contributed by atoms with Crippen molar-refractivity contribution in [3.63, 3.8) is 0 Å². The smallest absolute Gasteiger partial charge is 0.101 e. The predicted octanol–water partition coefficient (Wildman–Crippen LogP) is 0.387. The summed E-state index contributed by atoms with van der Waals surface area (Å²) in [6, 6.07) is 0. The molecule has 0 aliphatic carbocycles. The molecule has 0 spiro atoms. The molecule has 0 atom stereocenters. The lowest BCUT2D eigenvalue weighted by Crippen LogP contribution is -2.11. The van der Waals surface area contributed by atoms with Crippen molar-refractivity contribution in [1.29, 1.82) is 0 Å². The third-order valence-corrected chi connectivity index (χ3v) is 1.08. The first-order chi connectivity index (χ1) is 4.57. The molecule has 0 saturated carbocycles. The van der Waals surface area contributed by atoms with E-state index in [1.807, 2.05) is 19.0 Å². The Bertz CT molecular complexity index is 156. The van der Waals surface area contributed by atoms with Gasteiger partial charge in [0.1, 0.15) is 5.16 Å². The Hall–Kier alpha value is -0.830. The Labute approximate surface area is 65.9 Å². The first-order valence-corrected chi connectivity index (χ1v) is 3.17. The van der Waals surface area contributed by atoms with Gasteiger partial charge in [-0.25, -0.2) is 0 Å². The Morgan fingerprint density at radius 2 is 2.00 bits per heavy atom. The zero-order chi connectivity index (χ0) is 8.15. The summed E-state index contributed by atoms with van der Waals surface area (Å²) in [5, 5.41) is 0.227. The molecule has 0 aromatic carbocycles. The van der Waals surface area contributed by atoms with Crippen LogP contribution < -0.4 is 11.5 Å². The molecule has 3 nitrogen and oxygen atoms in total. The minimum atomic E-state index is 0.227. The maximum Gasteiger partial charge on any atom is 0.101 e. The molecular formula is C6H12ClN3. The molecule has 4 N–H and O–H groups in total. The highest BCUT2D eigenvalue weighted by atomic mass is 35.5. The summed E-state index contributed by atoms with van der Waals surface area (Å²) >= 11 is 5.41. The van der Waals surface area contributed by atoms with Crippen LogP contribution in [0.5, 0.6) is 0 Å². The van der Waals surface area contributed by atoms with Gasteiger partial charge in [-0.05, 0) is 6.08 Å². The number of nitrogens with zero attached hydrogens (tertiary/aromatic N) is 1. The van der Waals surface area contributed by atoms with E-state index in [2.05, 4.69) is 0 Å². The Morgan fingerprint density at radius 3 is 2.10 bits per heavy atom. The van der Waals surface area contributed by atoms with Crippen molar-refractivity contribution < 1.29 is 0 Å². The molecule has 0 bridgehead atoms. The lowest BCUT2D eigenvalue weighted by molar-refractivity contribution is 0.528. The molecule has 0 aromatic heterocycles. The zero-order valence-corrected chi connectivity index (χ0v) is 6.89. The molecule has 0 aliphatic heterocycles. The highest BCUT2D eigenvalue weighted by molar-refractivity contribution is 6.29. The van der Waals surface area contributed by atoms with Crippen LogP contribution in [0.1, 0.15) is 0 Å². The standard InChI is InChI=1S/C6H12ClN3/c1-10(2)5(4-8)3-6(7)9/h3-4H,8-9H2,1-2H3/b5-4+,6-3-. The van der Waals surface area contributed by atoms with Crippen LogP contribution in [0, 0.1) is 0 Å². The van der Waals surface area contributed by atoms with Crippen molar-refractivity contribution in [3.8, 4) is 0 Å². The Morgan fingerprint density at radius 1 is 1.50 bits per heavy atom. The topological polar surface area (TPSA) is 55.3 Å². The van der Waals surface area contributed by atoms with Crippen molar-refractivity contribution >= 4 is 11.6 Å². The van der Waals surface area contributed by atoms with E-state index in [-0.39, 0.29) is 5.16 Å². The van der Waals surface area contributed by atoms with Gasteiger partial charge in [-0.1, -0.05) is 11.6 Å². The predicted molar refractivity (Wildman–Crippen MR) is 44.1 cm³/mol. The quantitative estimate of drug-likeness (QED) is 0.455. The number of halogens is 1. The molecule has 4 heteroatoms. The van der Waals surface area contributed by atoms with E-state index in [0.717, 1.165) is 5.70 Å².